The number of nitrogens with one attached hydrogen (secondary N) is 1. The molecule has 2 heterocycles. The van der Waals surface area contributed by atoms with E-state index in [1.807, 2.05) is 12.1 Å². The van der Waals surface area contributed by atoms with E-state index >= 15 is 0 Å². The van der Waals surface area contributed by atoms with Crippen LogP contribution in [0.1, 0.15) is 55.2 Å². The quantitative estimate of drug-likeness (QED) is 0.613. The van der Waals surface area contributed by atoms with Gasteiger partial charge in [0.25, 0.3) is 0 Å². The van der Waals surface area contributed by atoms with Crippen LogP contribution < -0.4 is 0 Å². The van der Waals surface area contributed by atoms with Gasteiger partial charge < -0.3 is 4.98 Å². The molecule has 0 spiro atoms. The third kappa shape index (κ3) is 3.99. The van der Waals surface area contributed by atoms with Crippen molar-refractivity contribution in [1.82, 2.24) is 9.29 Å². The zero-order valence-electron chi connectivity index (χ0n) is 17.3. The maximum absolute atomic E-state index is 13.2. The lowest BCUT2D eigenvalue weighted by atomic mass is 9.91. The number of aromatic nitrogens is 1. The highest BCUT2D eigenvalue weighted by Gasteiger charge is 2.28. The van der Waals surface area contributed by atoms with Crippen molar-refractivity contribution < 1.29 is 8.42 Å². The first-order valence-corrected chi connectivity index (χ1v) is 12.1. The molecule has 0 aliphatic carbocycles. The highest BCUT2D eigenvalue weighted by atomic mass is 32.2. The minimum absolute atomic E-state index is 0.387. The number of hydrogen-bond donors (Lipinski definition) is 1. The van der Waals surface area contributed by atoms with Gasteiger partial charge in [-0.15, -0.1) is 0 Å². The van der Waals surface area contributed by atoms with Crippen molar-refractivity contribution in [2.45, 2.75) is 56.8 Å². The third-order valence-corrected chi connectivity index (χ3v) is 8.10. The zero-order valence-corrected chi connectivity index (χ0v) is 18.1. The smallest absolute Gasteiger partial charge is 0.243 e. The van der Waals surface area contributed by atoms with Crippen LogP contribution >= 0.6 is 0 Å². The summed E-state index contributed by atoms with van der Waals surface area (Å²) in [5.74, 6) is 0.387. The molecule has 154 valence electrons. The van der Waals surface area contributed by atoms with Crippen LogP contribution in [0.4, 0.5) is 0 Å². The number of benzene rings is 2. The lowest BCUT2D eigenvalue weighted by Gasteiger charge is -2.20. The van der Waals surface area contributed by atoms with Gasteiger partial charge >= 0.3 is 0 Å². The number of H-pyrrole nitrogens is 1. The second kappa shape index (κ2) is 8.33. The molecule has 1 fully saturated rings. The predicted octanol–water partition coefficient (Wildman–Crippen LogP) is 5.39. The first-order valence-electron chi connectivity index (χ1n) is 10.7. The Balaban J connectivity index is 1.52. The zero-order chi connectivity index (χ0) is 20.4. The molecule has 5 heteroatoms. The molecule has 0 saturated carbocycles. The summed E-state index contributed by atoms with van der Waals surface area (Å²) in [5, 5.41) is 1.28. The summed E-state index contributed by atoms with van der Waals surface area (Å²) in [4.78, 5) is 3.84. The Morgan fingerprint density at radius 1 is 1.07 bits per heavy atom. The Morgan fingerprint density at radius 2 is 1.86 bits per heavy atom. The number of aromatic amines is 1. The van der Waals surface area contributed by atoms with Gasteiger partial charge in [-0.3, -0.25) is 0 Å². The van der Waals surface area contributed by atoms with Gasteiger partial charge in [-0.2, -0.15) is 4.31 Å². The fourth-order valence-electron chi connectivity index (χ4n) is 4.55. The summed E-state index contributed by atoms with van der Waals surface area (Å²) in [6.45, 7) is 5.42. The molecule has 4 rings (SSSR count). The van der Waals surface area contributed by atoms with Crippen molar-refractivity contribution in [1.29, 1.82) is 0 Å². The standard InChI is InChI=1S/C24H30N2O2S/c1-3-6-19-10-12-21(13-11-19)29(27,28)26-15-5-8-20(14-16-26)23-17-25-24-18(2)7-4-9-22(23)24/h4,7,9-13,17,20,25H,3,5-6,8,14-16H2,1-2H3. The molecular formula is C24H30N2O2S. The Labute approximate surface area is 174 Å². The molecule has 4 nitrogen and oxygen atoms in total. The topological polar surface area (TPSA) is 53.2 Å². The Hall–Kier alpha value is -2.11. The molecule has 1 N–H and O–H groups in total. The molecule has 1 unspecified atom stereocenters. The second-order valence-electron chi connectivity index (χ2n) is 8.17. The van der Waals surface area contributed by atoms with E-state index in [2.05, 4.69) is 43.2 Å². The molecule has 29 heavy (non-hydrogen) atoms. The van der Waals surface area contributed by atoms with Gasteiger partial charge in [0, 0.05) is 30.2 Å². The fraction of sp³-hybridized carbons (Fsp3) is 0.417. The predicted molar refractivity (Wildman–Crippen MR) is 119 cm³/mol. The van der Waals surface area contributed by atoms with Gasteiger partial charge in [-0.1, -0.05) is 43.7 Å². The Kier molecular flexibility index (Phi) is 5.79. The minimum Gasteiger partial charge on any atom is -0.361 e. The normalized spacial score (nSPS) is 18.8. The molecule has 1 aliphatic rings. The number of hydrogen-bond acceptors (Lipinski definition) is 2. The number of fused-ring (bicyclic) bond motifs is 1. The van der Waals surface area contributed by atoms with Crippen molar-refractivity contribution >= 4 is 20.9 Å². The number of para-hydroxylation sites is 1. The van der Waals surface area contributed by atoms with E-state index in [4.69, 9.17) is 0 Å². The van der Waals surface area contributed by atoms with Crippen LogP contribution in [0, 0.1) is 6.92 Å². The van der Waals surface area contributed by atoms with E-state index in [1.165, 1.54) is 27.6 Å². The highest BCUT2D eigenvalue weighted by Crippen LogP contribution is 2.35. The van der Waals surface area contributed by atoms with Gasteiger partial charge in [0.2, 0.25) is 10.0 Å². The average Bonchev–Trinajstić information content (AvgIpc) is 2.99. The fourth-order valence-corrected chi connectivity index (χ4v) is 6.05. The van der Waals surface area contributed by atoms with E-state index in [1.54, 1.807) is 16.4 Å². The molecule has 1 atom stereocenters. The summed E-state index contributed by atoms with van der Waals surface area (Å²) >= 11 is 0. The highest BCUT2D eigenvalue weighted by molar-refractivity contribution is 7.89. The Bertz CT molecular complexity index is 1080. The molecule has 0 bridgehead atoms. The first-order chi connectivity index (χ1) is 14.0. The number of aryl methyl sites for hydroxylation is 2. The molecule has 1 aliphatic heterocycles. The van der Waals surface area contributed by atoms with E-state index < -0.39 is 10.0 Å². The van der Waals surface area contributed by atoms with Crippen LogP contribution in [0.2, 0.25) is 0 Å². The maximum Gasteiger partial charge on any atom is 0.243 e. The van der Waals surface area contributed by atoms with Crippen molar-refractivity contribution in [3.8, 4) is 0 Å². The van der Waals surface area contributed by atoms with Crippen molar-refractivity contribution in [2.24, 2.45) is 0 Å². The van der Waals surface area contributed by atoms with Gasteiger partial charge in [-0.05, 0) is 67.3 Å². The summed E-state index contributed by atoms with van der Waals surface area (Å²) < 4.78 is 28.0. The van der Waals surface area contributed by atoms with Crippen molar-refractivity contribution in [3.63, 3.8) is 0 Å². The number of nitrogens with zero attached hydrogens (tertiary/aromatic N) is 1. The number of sulfonamides is 1. The van der Waals surface area contributed by atoms with Gasteiger partial charge in [0.1, 0.15) is 0 Å². The summed E-state index contributed by atoms with van der Waals surface area (Å²) in [7, 11) is -3.43. The average molecular weight is 411 g/mol. The van der Waals surface area contributed by atoms with Crippen LogP contribution in [-0.4, -0.2) is 30.8 Å². The molecule has 2 aromatic carbocycles. The summed E-state index contributed by atoms with van der Waals surface area (Å²) in [6.07, 6.45) is 6.93. The van der Waals surface area contributed by atoms with Crippen molar-refractivity contribution in [3.05, 3.63) is 65.4 Å². The van der Waals surface area contributed by atoms with Crippen LogP contribution in [0.15, 0.2) is 53.6 Å². The molecule has 0 amide bonds. The largest absolute Gasteiger partial charge is 0.361 e. The third-order valence-electron chi connectivity index (χ3n) is 6.18. The molecule has 0 radical (unpaired) electrons. The van der Waals surface area contributed by atoms with Gasteiger partial charge in [0.15, 0.2) is 0 Å². The van der Waals surface area contributed by atoms with Crippen LogP contribution in [0.5, 0.6) is 0 Å². The summed E-state index contributed by atoms with van der Waals surface area (Å²) in [6, 6.07) is 13.8. The lowest BCUT2D eigenvalue weighted by molar-refractivity contribution is 0.422. The van der Waals surface area contributed by atoms with Crippen LogP contribution in [-0.2, 0) is 16.4 Å². The van der Waals surface area contributed by atoms with Crippen LogP contribution in [0.3, 0.4) is 0 Å². The minimum atomic E-state index is -3.43. The lowest BCUT2D eigenvalue weighted by Crippen LogP contribution is -2.32. The maximum atomic E-state index is 13.2. The van der Waals surface area contributed by atoms with E-state index in [0.717, 1.165) is 32.1 Å². The van der Waals surface area contributed by atoms with Gasteiger partial charge in [-0.25, -0.2) is 8.42 Å². The van der Waals surface area contributed by atoms with E-state index in [0.29, 0.717) is 23.9 Å². The molecule has 3 aromatic rings. The van der Waals surface area contributed by atoms with E-state index in [9.17, 15) is 8.42 Å². The first kappa shape index (κ1) is 20.2. The molecular weight excluding hydrogens is 380 g/mol. The summed E-state index contributed by atoms with van der Waals surface area (Å²) in [5.41, 5.74) is 4.96. The molecule has 1 saturated heterocycles. The monoisotopic (exact) mass is 410 g/mol. The molecule has 1 aromatic heterocycles. The van der Waals surface area contributed by atoms with E-state index in [-0.39, 0.29) is 0 Å². The SMILES string of the molecule is CCCc1ccc(S(=O)(=O)N2CCCC(c3c[nH]c4c(C)cccc34)CC2)cc1. The Morgan fingerprint density at radius 3 is 2.62 bits per heavy atom. The van der Waals surface area contributed by atoms with Crippen molar-refractivity contribution in [2.75, 3.05) is 13.1 Å². The second-order valence-corrected chi connectivity index (χ2v) is 10.1. The van der Waals surface area contributed by atoms with Gasteiger partial charge in [0.05, 0.1) is 4.90 Å². The number of rotatable bonds is 5. The van der Waals surface area contributed by atoms with Crippen LogP contribution in [0.25, 0.3) is 10.9 Å².